The number of H-pyrrole nitrogens is 1. The highest BCUT2D eigenvalue weighted by atomic mass is 19.1. The van der Waals surface area contributed by atoms with Crippen molar-refractivity contribution in [2.45, 2.75) is 0 Å². The van der Waals surface area contributed by atoms with E-state index in [1.54, 1.807) is 12.1 Å². The lowest BCUT2D eigenvalue weighted by molar-refractivity contribution is 0.104. The third-order valence-electron chi connectivity index (χ3n) is 4.83. The van der Waals surface area contributed by atoms with Gasteiger partial charge in [-0.05, 0) is 42.0 Å². The van der Waals surface area contributed by atoms with Crippen LogP contribution in [0.2, 0.25) is 0 Å². The second-order valence-electron chi connectivity index (χ2n) is 6.58. The molecule has 5 nitrogen and oxygen atoms in total. The molecule has 3 aromatic rings. The van der Waals surface area contributed by atoms with E-state index >= 15 is 0 Å². The van der Waals surface area contributed by atoms with Crippen LogP contribution >= 0.6 is 0 Å². The van der Waals surface area contributed by atoms with Crippen LogP contribution in [0.1, 0.15) is 15.9 Å². The van der Waals surface area contributed by atoms with E-state index in [-0.39, 0.29) is 11.4 Å². The van der Waals surface area contributed by atoms with Crippen molar-refractivity contribution in [2.75, 3.05) is 31.2 Å². The van der Waals surface area contributed by atoms with E-state index in [1.807, 2.05) is 30.3 Å². The van der Waals surface area contributed by atoms with Gasteiger partial charge in [-0.15, -0.1) is 0 Å². The number of ketones is 1. The summed E-state index contributed by atoms with van der Waals surface area (Å²) in [7, 11) is 0. The summed E-state index contributed by atoms with van der Waals surface area (Å²) in [6.45, 7) is 3.11. The van der Waals surface area contributed by atoms with Gasteiger partial charge in [0, 0.05) is 41.4 Å². The first-order valence-electron chi connectivity index (χ1n) is 9.01. The second-order valence-corrected chi connectivity index (χ2v) is 6.58. The Labute approximate surface area is 161 Å². The fraction of sp³-hybridized carbons (Fsp3) is 0.182. The lowest BCUT2D eigenvalue weighted by Crippen LogP contribution is -2.36. The van der Waals surface area contributed by atoms with Crippen LogP contribution in [0.5, 0.6) is 0 Å². The standard InChI is InChI=1S/C22H18FN3O2/c23-17-3-6-19-20(14-25-21(19)12-17)22(27)16(13-24)11-15-1-4-18(5-2-15)26-7-9-28-10-8-26/h1-6,11-12,14,25H,7-10H2/b16-11+. The first-order chi connectivity index (χ1) is 13.7. The van der Waals surface area contributed by atoms with E-state index in [2.05, 4.69) is 9.88 Å². The number of nitriles is 1. The molecule has 1 aliphatic rings. The molecule has 0 atom stereocenters. The van der Waals surface area contributed by atoms with E-state index in [4.69, 9.17) is 4.74 Å². The molecule has 1 aromatic heterocycles. The largest absolute Gasteiger partial charge is 0.378 e. The number of fused-ring (bicyclic) bond motifs is 1. The average Bonchev–Trinajstić information content (AvgIpc) is 3.15. The summed E-state index contributed by atoms with van der Waals surface area (Å²) in [6, 6.07) is 13.9. The molecule has 1 fully saturated rings. The molecule has 0 bridgehead atoms. The number of aromatic amines is 1. The molecule has 28 heavy (non-hydrogen) atoms. The van der Waals surface area contributed by atoms with Crippen LogP contribution in [0.4, 0.5) is 10.1 Å². The van der Waals surface area contributed by atoms with Crippen molar-refractivity contribution in [2.24, 2.45) is 0 Å². The van der Waals surface area contributed by atoms with Crippen molar-refractivity contribution < 1.29 is 13.9 Å². The Morgan fingerprint density at radius 1 is 1.18 bits per heavy atom. The minimum atomic E-state index is -0.391. The molecular formula is C22H18FN3O2. The Hall–Kier alpha value is -3.43. The maximum Gasteiger partial charge on any atom is 0.205 e. The monoisotopic (exact) mass is 375 g/mol. The van der Waals surface area contributed by atoms with Crippen LogP contribution in [0.3, 0.4) is 0 Å². The molecule has 4 rings (SSSR count). The number of ether oxygens (including phenoxy) is 1. The number of hydrogen-bond acceptors (Lipinski definition) is 4. The molecule has 0 amide bonds. The summed E-state index contributed by atoms with van der Waals surface area (Å²) in [5, 5.41) is 10.1. The highest BCUT2D eigenvalue weighted by Gasteiger charge is 2.17. The fourth-order valence-electron chi connectivity index (χ4n) is 3.35. The number of nitrogens with one attached hydrogen (secondary N) is 1. The molecule has 0 aliphatic carbocycles. The first-order valence-corrected chi connectivity index (χ1v) is 9.01. The van der Waals surface area contributed by atoms with E-state index < -0.39 is 5.78 Å². The van der Waals surface area contributed by atoms with Gasteiger partial charge in [-0.1, -0.05) is 12.1 Å². The number of halogens is 1. The van der Waals surface area contributed by atoms with Crippen molar-refractivity contribution in [1.82, 2.24) is 4.98 Å². The van der Waals surface area contributed by atoms with Crippen LogP contribution in [-0.2, 0) is 4.74 Å². The summed E-state index contributed by atoms with van der Waals surface area (Å²) < 4.78 is 18.7. The maximum atomic E-state index is 13.3. The number of rotatable bonds is 4. The molecule has 2 aromatic carbocycles. The minimum absolute atomic E-state index is 0.0318. The van der Waals surface area contributed by atoms with Gasteiger partial charge < -0.3 is 14.6 Å². The second kappa shape index (κ2) is 7.67. The van der Waals surface area contributed by atoms with Crippen LogP contribution in [-0.4, -0.2) is 37.1 Å². The summed E-state index contributed by atoms with van der Waals surface area (Å²) in [4.78, 5) is 17.9. The number of carbonyl (C=O) groups excluding carboxylic acids is 1. The minimum Gasteiger partial charge on any atom is -0.378 e. The van der Waals surface area contributed by atoms with Crippen LogP contribution < -0.4 is 4.90 Å². The van der Waals surface area contributed by atoms with Crippen molar-refractivity contribution in [1.29, 1.82) is 5.26 Å². The molecule has 0 saturated carbocycles. The smallest absolute Gasteiger partial charge is 0.205 e. The molecule has 1 saturated heterocycles. The summed E-state index contributed by atoms with van der Waals surface area (Å²) in [5.41, 5.74) is 2.77. The number of aromatic nitrogens is 1. The average molecular weight is 375 g/mol. The van der Waals surface area contributed by atoms with E-state index in [9.17, 15) is 14.4 Å². The molecular weight excluding hydrogens is 357 g/mol. The van der Waals surface area contributed by atoms with Gasteiger partial charge in [0.05, 0.1) is 13.2 Å². The third-order valence-corrected chi connectivity index (χ3v) is 4.83. The van der Waals surface area contributed by atoms with E-state index in [0.29, 0.717) is 29.7 Å². The maximum absolute atomic E-state index is 13.3. The summed E-state index contributed by atoms with van der Waals surface area (Å²) in [6.07, 6.45) is 3.09. The Kier molecular flexibility index (Phi) is 4.92. The highest BCUT2D eigenvalue weighted by Crippen LogP contribution is 2.23. The van der Waals surface area contributed by atoms with Gasteiger partial charge in [0.25, 0.3) is 0 Å². The number of allylic oxidation sites excluding steroid dienone is 1. The van der Waals surface area contributed by atoms with Crippen molar-refractivity contribution in [3.05, 3.63) is 71.2 Å². The van der Waals surface area contributed by atoms with Crippen molar-refractivity contribution in [3.8, 4) is 6.07 Å². The molecule has 1 N–H and O–H groups in total. The topological polar surface area (TPSA) is 69.1 Å². The van der Waals surface area contributed by atoms with Gasteiger partial charge in [-0.2, -0.15) is 5.26 Å². The zero-order chi connectivity index (χ0) is 19.5. The number of nitrogens with zero attached hydrogens (tertiary/aromatic N) is 2. The lowest BCUT2D eigenvalue weighted by atomic mass is 10.0. The van der Waals surface area contributed by atoms with Gasteiger partial charge >= 0.3 is 0 Å². The fourth-order valence-corrected chi connectivity index (χ4v) is 3.35. The van der Waals surface area contributed by atoms with Crippen LogP contribution in [0, 0.1) is 17.1 Å². The van der Waals surface area contributed by atoms with Crippen LogP contribution in [0.25, 0.3) is 17.0 Å². The Morgan fingerprint density at radius 2 is 1.93 bits per heavy atom. The number of carbonyl (C=O) groups is 1. The van der Waals surface area contributed by atoms with Gasteiger partial charge in [-0.3, -0.25) is 4.79 Å². The summed E-state index contributed by atoms with van der Waals surface area (Å²) >= 11 is 0. The van der Waals surface area contributed by atoms with Gasteiger partial charge in [-0.25, -0.2) is 4.39 Å². The molecule has 140 valence electrons. The highest BCUT2D eigenvalue weighted by molar-refractivity contribution is 6.19. The lowest BCUT2D eigenvalue weighted by Gasteiger charge is -2.28. The normalized spacial score (nSPS) is 14.9. The van der Waals surface area contributed by atoms with Gasteiger partial charge in [0.1, 0.15) is 17.5 Å². The Bertz CT molecular complexity index is 1090. The molecule has 1 aliphatic heterocycles. The number of benzene rings is 2. The van der Waals surface area contributed by atoms with Crippen molar-refractivity contribution in [3.63, 3.8) is 0 Å². The summed E-state index contributed by atoms with van der Waals surface area (Å²) in [5.74, 6) is -0.776. The van der Waals surface area contributed by atoms with Gasteiger partial charge in [0.2, 0.25) is 5.78 Å². The predicted molar refractivity (Wildman–Crippen MR) is 106 cm³/mol. The molecule has 6 heteroatoms. The molecule has 0 spiro atoms. The zero-order valence-corrected chi connectivity index (χ0v) is 15.1. The molecule has 2 heterocycles. The van der Waals surface area contributed by atoms with Crippen LogP contribution in [0.15, 0.2) is 54.2 Å². The molecule has 0 unspecified atom stereocenters. The van der Waals surface area contributed by atoms with Gasteiger partial charge in [0.15, 0.2) is 0 Å². The Balaban J connectivity index is 1.59. The predicted octanol–water partition coefficient (Wildman–Crippen LogP) is 3.93. The first kappa shape index (κ1) is 18.0. The third kappa shape index (κ3) is 3.53. The SMILES string of the molecule is N#C/C(=C\c1ccc(N2CCOCC2)cc1)C(=O)c1c[nH]c2cc(F)ccc12. The number of morpholine rings is 1. The number of Topliss-reactive ketones (excluding diaryl/α,β-unsaturated/α-hetero) is 1. The van der Waals surface area contributed by atoms with E-state index in [0.717, 1.165) is 24.3 Å². The van der Waals surface area contributed by atoms with E-state index in [1.165, 1.54) is 18.3 Å². The Morgan fingerprint density at radius 3 is 2.64 bits per heavy atom. The zero-order valence-electron chi connectivity index (χ0n) is 15.1. The quantitative estimate of drug-likeness (QED) is 0.426. The number of hydrogen-bond donors (Lipinski definition) is 1. The number of anilines is 1. The van der Waals surface area contributed by atoms with Crippen molar-refractivity contribution >= 4 is 28.4 Å². The molecule has 0 radical (unpaired) electrons.